The summed E-state index contributed by atoms with van der Waals surface area (Å²) in [5.74, 6) is 0.479. The molecule has 0 fully saturated rings. The van der Waals surface area contributed by atoms with E-state index in [4.69, 9.17) is 4.74 Å². The Hall–Kier alpha value is -2.27. The van der Waals surface area contributed by atoms with Crippen molar-refractivity contribution < 1.29 is 9.53 Å². The van der Waals surface area contributed by atoms with Crippen molar-refractivity contribution in [2.45, 2.75) is 0 Å². The third-order valence-electron chi connectivity index (χ3n) is 2.80. The van der Waals surface area contributed by atoms with Gasteiger partial charge in [-0.05, 0) is 30.3 Å². The predicted molar refractivity (Wildman–Crippen MR) is 93.4 cm³/mol. The fourth-order valence-corrected chi connectivity index (χ4v) is 2.22. The lowest BCUT2D eigenvalue weighted by molar-refractivity contribution is -0.114. The van der Waals surface area contributed by atoms with E-state index < -0.39 is 0 Å². The lowest BCUT2D eigenvalue weighted by Crippen LogP contribution is -2.22. The number of carbonyl (C=O) groups is 1. The van der Waals surface area contributed by atoms with E-state index in [1.165, 1.54) is 0 Å². The average Bonchev–Trinajstić information content (AvgIpc) is 2.52. The average molecular weight is 361 g/mol. The smallest absolute Gasteiger partial charge is 0.243 e. The van der Waals surface area contributed by atoms with E-state index in [2.05, 4.69) is 33.1 Å². The van der Waals surface area contributed by atoms with Crippen LogP contribution in [0.3, 0.4) is 0 Å². The molecule has 0 radical (unpaired) electrons. The number of rotatable bonds is 7. The number of ether oxygens (including phenoxy) is 1. The SMILES string of the molecule is C=CCOc1ccccc1NC(=O)CNc1cccc(Br)c1. The van der Waals surface area contributed by atoms with Crippen LogP contribution in [0.5, 0.6) is 5.75 Å². The number of benzene rings is 2. The van der Waals surface area contributed by atoms with Crippen LogP contribution in [0.1, 0.15) is 0 Å². The van der Waals surface area contributed by atoms with E-state index in [1.807, 2.05) is 36.4 Å². The van der Waals surface area contributed by atoms with E-state index in [9.17, 15) is 4.79 Å². The molecule has 0 bridgehead atoms. The first kappa shape index (κ1) is 16.1. The van der Waals surface area contributed by atoms with Gasteiger partial charge in [-0.3, -0.25) is 4.79 Å². The van der Waals surface area contributed by atoms with Crippen LogP contribution in [0.15, 0.2) is 65.7 Å². The Morgan fingerprint density at radius 2 is 2.05 bits per heavy atom. The monoisotopic (exact) mass is 360 g/mol. The maximum atomic E-state index is 12.0. The number of hydrogen-bond donors (Lipinski definition) is 2. The number of nitrogens with one attached hydrogen (secondary N) is 2. The van der Waals surface area contributed by atoms with Crippen LogP contribution in [0.25, 0.3) is 0 Å². The number of carbonyl (C=O) groups excluding carboxylic acids is 1. The highest BCUT2D eigenvalue weighted by Gasteiger charge is 2.07. The minimum atomic E-state index is -0.144. The lowest BCUT2D eigenvalue weighted by atomic mass is 10.3. The second kappa shape index (κ2) is 8.24. The number of halogens is 1. The minimum absolute atomic E-state index is 0.144. The van der Waals surface area contributed by atoms with E-state index >= 15 is 0 Å². The third-order valence-corrected chi connectivity index (χ3v) is 3.29. The molecule has 0 aliphatic carbocycles. The Balaban J connectivity index is 1.93. The summed E-state index contributed by atoms with van der Waals surface area (Å²) in [6.45, 7) is 4.18. The summed E-state index contributed by atoms with van der Waals surface area (Å²) in [4.78, 5) is 12.0. The maximum Gasteiger partial charge on any atom is 0.243 e. The zero-order valence-electron chi connectivity index (χ0n) is 12.0. The molecule has 2 aromatic rings. The Labute approximate surface area is 138 Å². The van der Waals surface area contributed by atoms with Crippen LogP contribution >= 0.6 is 15.9 Å². The zero-order valence-corrected chi connectivity index (χ0v) is 13.6. The Bertz CT molecular complexity index is 659. The normalized spacial score (nSPS) is 9.86. The molecule has 0 aliphatic rings. The molecule has 0 heterocycles. The number of hydrogen-bond acceptors (Lipinski definition) is 3. The maximum absolute atomic E-state index is 12.0. The summed E-state index contributed by atoms with van der Waals surface area (Å²) < 4.78 is 6.47. The van der Waals surface area contributed by atoms with Crippen molar-refractivity contribution in [3.63, 3.8) is 0 Å². The van der Waals surface area contributed by atoms with Crippen LogP contribution in [0, 0.1) is 0 Å². The number of amides is 1. The summed E-state index contributed by atoms with van der Waals surface area (Å²) in [7, 11) is 0. The van der Waals surface area contributed by atoms with Crippen molar-refractivity contribution in [3.05, 3.63) is 65.7 Å². The largest absolute Gasteiger partial charge is 0.487 e. The molecule has 2 aromatic carbocycles. The van der Waals surface area contributed by atoms with Crippen LogP contribution in [-0.4, -0.2) is 19.1 Å². The van der Waals surface area contributed by atoms with Gasteiger partial charge in [-0.15, -0.1) is 0 Å². The molecule has 1 amide bonds. The van der Waals surface area contributed by atoms with Gasteiger partial charge in [-0.2, -0.15) is 0 Å². The van der Waals surface area contributed by atoms with Gasteiger partial charge in [0.2, 0.25) is 5.91 Å². The van der Waals surface area contributed by atoms with Gasteiger partial charge in [-0.1, -0.05) is 46.8 Å². The Morgan fingerprint density at radius 3 is 2.82 bits per heavy atom. The van der Waals surface area contributed by atoms with Crippen molar-refractivity contribution in [2.75, 3.05) is 23.8 Å². The second-order valence-corrected chi connectivity index (χ2v) is 5.42. The highest BCUT2D eigenvalue weighted by molar-refractivity contribution is 9.10. The highest BCUT2D eigenvalue weighted by atomic mass is 79.9. The van der Waals surface area contributed by atoms with E-state index in [0.29, 0.717) is 18.0 Å². The first-order chi connectivity index (χ1) is 10.7. The van der Waals surface area contributed by atoms with E-state index in [1.54, 1.807) is 18.2 Å². The molecule has 0 atom stereocenters. The van der Waals surface area contributed by atoms with Gasteiger partial charge in [-0.25, -0.2) is 0 Å². The molecule has 0 aliphatic heterocycles. The summed E-state index contributed by atoms with van der Waals surface area (Å²) in [6.07, 6.45) is 1.66. The molecule has 114 valence electrons. The second-order valence-electron chi connectivity index (χ2n) is 4.51. The topological polar surface area (TPSA) is 50.4 Å². The molecular weight excluding hydrogens is 344 g/mol. The summed E-state index contributed by atoms with van der Waals surface area (Å²) in [6, 6.07) is 15.0. The molecule has 22 heavy (non-hydrogen) atoms. The van der Waals surface area contributed by atoms with Gasteiger partial charge < -0.3 is 15.4 Å². The Morgan fingerprint density at radius 1 is 1.23 bits per heavy atom. The fraction of sp³-hybridized carbons (Fsp3) is 0.118. The summed E-state index contributed by atoms with van der Waals surface area (Å²) in [5.41, 5.74) is 1.52. The van der Waals surface area contributed by atoms with Gasteiger partial charge >= 0.3 is 0 Å². The predicted octanol–water partition coefficient (Wildman–Crippen LogP) is 4.06. The first-order valence-electron chi connectivity index (χ1n) is 6.81. The molecule has 0 aromatic heterocycles. The zero-order chi connectivity index (χ0) is 15.8. The minimum Gasteiger partial charge on any atom is -0.487 e. The van der Waals surface area contributed by atoms with Crippen molar-refractivity contribution in [3.8, 4) is 5.75 Å². The van der Waals surface area contributed by atoms with Crippen molar-refractivity contribution >= 4 is 33.2 Å². The molecule has 2 rings (SSSR count). The van der Waals surface area contributed by atoms with Crippen molar-refractivity contribution in [2.24, 2.45) is 0 Å². The van der Waals surface area contributed by atoms with Gasteiger partial charge in [0.15, 0.2) is 0 Å². The summed E-state index contributed by atoms with van der Waals surface area (Å²) in [5, 5.41) is 5.90. The lowest BCUT2D eigenvalue weighted by Gasteiger charge is -2.12. The molecule has 0 saturated heterocycles. The molecule has 0 spiro atoms. The molecule has 0 unspecified atom stereocenters. The third kappa shape index (κ3) is 4.93. The van der Waals surface area contributed by atoms with Crippen LogP contribution in [-0.2, 0) is 4.79 Å². The van der Waals surface area contributed by atoms with Gasteiger partial charge in [0.05, 0.1) is 12.2 Å². The fourth-order valence-electron chi connectivity index (χ4n) is 1.82. The molecule has 4 nitrogen and oxygen atoms in total. The summed E-state index contributed by atoms with van der Waals surface area (Å²) >= 11 is 3.39. The van der Waals surface area contributed by atoms with Crippen LogP contribution in [0.2, 0.25) is 0 Å². The van der Waals surface area contributed by atoms with Gasteiger partial charge in [0, 0.05) is 10.2 Å². The Kier molecular flexibility index (Phi) is 6.03. The van der Waals surface area contributed by atoms with E-state index in [0.717, 1.165) is 10.2 Å². The molecule has 5 heteroatoms. The highest BCUT2D eigenvalue weighted by Crippen LogP contribution is 2.23. The quantitative estimate of drug-likeness (QED) is 0.731. The molecule has 2 N–H and O–H groups in total. The van der Waals surface area contributed by atoms with Gasteiger partial charge in [0.25, 0.3) is 0 Å². The van der Waals surface area contributed by atoms with E-state index in [-0.39, 0.29) is 12.5 Å². The first-order valence-corrected chi connectivity index (χ1v) is 7.60. The van der Waals surface area contributed by atoms with Crippen molar-refractivity contribution in [1.29, 1.82) is 0 Å². The van der Waals surface area contributed by atoms with Crippen LogP contribution in [0.4, 0.5) is 11.4 Å². The van der Waals surface area contributed by atoms with Gasteiger partial charge in [0.1, 0.15) is 12.4 Å². The van der Waals surface area contributed by atoms with Crippen molar-refractivity contribution in [1.82, 2.24) is 0 Å². The molecule has 0 saturated carbocycles. The molecular formula is C17H17BrN2O2. The standard InChI is InChI=1S/C17H17BrN2O2/c1-2-10-22-16-9-4-3-8-15(16)20-17(21)12-19-14-7-5-6-13(18)11-14/h2-9,11,19H,1,10,12H2,(H,20,21). The number of anilines is 2. The van der Waals surface area contributed by atoms with Crippen LogP contribution < -0.4 is 15.4 Å². The number of para-hydroxylation sites is 2.